The molecule has 0 unspecified atom stereocenters. The van der Waals surface area contributed by atoms with E-state index in [4.69, 9.17) is 24.3 Å². The number of ether oxygens (including phenoxy) is 3. The van der Waals surface area contributed by atoms with Gasteiger partial charge in [0.05, 0.1) is 18.6 Å². The molecular formula is C57H55FN4O4S. The molecule has 8 aromatic rings. The number of carbonyl (C=O) groups is 1. The summed E-state index contributed by atoms with van der Waals surface area (Å²) in [5.41, 5.74) is 6.80. The summed E-state index contributed by atoms with van der Waals surface area (Å²) in [6, 6.07) is 47.2. The molecule has 10 heteroatoms. The first-order chi connectivity index (χ1) is 32.4. The molecule has 1 atom stereocenters. The van der Waals surface area contributed by atoms with Crippen LogP contribution in [0.2, 0.25) is 0 Å². The van der Waals surface area contributed by atoms with Gasteiger partial charge in [-0.3, -0.25) is 4.68 Å². The molecule has 1 saturated heterocycles. The summed E-state index contributed by atoms with van der Waals surface area (Å²) in [5, 5.41) is 7.79. The normalized spacial score (nSPS) is 14.8. The highest BCUT2D eigenvalue weighted by molar-refractivity contribution is 7.99. The quantitative estimate of drug-likeness (QED) is 0.0842. The van der Waals surface area contributed by atoms with E-state index in [0.717, 1.165) is 73.3 Å². The fraction of sp³-hybridized carbons (Fsp3) is 0.281. The molecule has 1 aliphatic carbocycles. The van der Waals surface area contributed by atoms with Crippen LogP contribution in [-0.2, 0) is 10.3 Å². The maximum Gasteiger partial charge on any atom is 0.410 e. The zero-order valence-electron chi connectivity index (χ0n) is 38.8. The van der Waals surface area contributed by atoms with Crippen molar-refractivity contribution in [3.8, 4) is 22.6 Å². The number of likely N-dealkylation sites (tertiary alicyclic amines) is 1. The zero-order valence-corrected chi connectivity index (χ0v) is 39.6. The molecule has 2 fully saturated rings. The van der Waals surface area contributed by atoms with Gasteiger partial charge in [0.1, 0.15) is 45.5 Å². The standard InChI is InChI=1S/C57H55FN4O4S/c1-7-67-50-32-49(65-43-33-61(34-43)55(63)66-56(4,5)6)45-30-44(39-28-29-39)52(54(53(45)59-50)64-37(3)38-20-12-8-13-21-38)51-36(2)47(58)31-48-46(51)35-62(60-48)57(40-22-14-9-15-23-40,41-24-16-10-17-25-41)42-26-18-11-19-27-42/h8-27,30-32,35,37,39,43H,7,28-29,33-34H2,1-6H3/t37-/m0/s1. The Morgan fingerprint density at radius 3 is 1.94 bits per heavy atom. The number of amides is 1. The zero-order chi connectivity index (χ0) is 46.5. The number of aromatic nitrogens is 3. The molecule has 10 rings (SSSR count). The van der Waals surface area contributed by atoms with Gasteiger partial charge in [-0.2, -0.15) is 5.10 Å². The van der Waals surface area contributed by atoms with E-state index < -0.39 is 17.2 Å². The van der Waals surface area contributed by atoms with Crippen LogP contribution in [0.25, 0.3) is 32.9 Å². The van der Waals surface area contributed by atoms with Gasteiger partial charge in [-0.05, 0) is 98.6 Å². The third-order valence-corrected chi connectivity index (χ3v) is 13.7. The molecule has 2 aromatic heterocycles. The highest BCUT2D eigenvalue weighted by Crippen LogP contribution is 2.54. The molecular weight excluding hydrogens is 856 g/mol. The van der Waals surface area contributed by atoms with Crippen molar-refractivity contribution in [2.75, 3.05) is 18.8 Å². The number of fused-ring (bicyclic) bond motifs is 2. The molecule has 1 saturated carbocycles. The Balaban J connectivity index is 1.23. The van der Waals surface area contributed by atoms with Crippen molar-refractivity contribution in [2.24, 2.45) is 0 Å². The summed E-state index contributed by atoms with van der Waals surface area (Å²) < 4.78 is 38.9. The first kappa shape index (κ1) is 44.2. The second kappa shape index (κ2) is 17.9. The van der Waals surface area contributed by atoms with Crippen molar-refractivity contribution < 1.29 is 23.4 Å². The van der Waals surface area contributed by atoms with Crippen LogP contribution in [0.5, 0.6) is 11.5 Å². The molecule has 340 valence electrons. The summed E-state index contributed by atoms with van der Waals surface area (Å²) in [5.74, 6) is 1.88. The molecule has 0 bridgehead atoms. The van der Waals surface area contributed by atoms with Gasteiger partial charge in [0.25, 0.3) is 0 Å². The smallest absolute Gasteiger partial charge is 0.410 e. The van der Waals surface area contributed by atoms with Crippen LogP contribution in [0.1, 0.15) is 92.9 Å². The maximum absolute atomic E-state index is 17.0. The molecule has 0 N–H and O–H groups in total. The van der Waals surface area contributed by atoms with E-state index in [9.17, 15) is 4.79 Å². The van der Waals surface area contributed by atoms with Crippen molar-refractivity contribution in [3.05, 3.63) is 185 Å². The van der Waals surface area contributed by atoms with Gasteiger partial charge in [-0.25, -0.2) is 14.2 Å². The summed E-state index contributed by atoms with van der Waals surface area (Å²) in [7, 11) is 0. The predicted molar refractivity (Wildman–Crippen MR) is 266 cm³/mol. The minimum Gasteiger partial charge on any atom is -0.486 e. The summed E-state index contributed by atoms with van der Waals surface area (Å²) in [6.07, 6.45) is 3.06. The number of halogens is 1. The molecule has 0 spiro atoms. The van der Waals surface area contributed by atoms with Crippen LogP contribution in [0.4, 0.5) is 9.18 Å². The minimum atomic E-state index is -0.922. The van der Waals surface area contributed by atoms with Gasteiger partial charge >= 0.3 is 6.09 Å². The predicted octanol–water partition coefficient (Wildman–Crippen LogP) is 13.7. The molecule has 8 nitrogen and oxygen atoms in total. The number of hydrogen-bond acceptors (Lipinski definition) is 7. The Morgan fingerprint density at radius 2 is 1.39 bits per heavy atom. The Morgan fingerprint density at radius 1 is 0.806 bits per heavy atom. The van der Waals surface area contributed by atoms with E-state index in [1.165, 1.54) is 0 Å². The third-order valence-electron chi connectivity index (χ3n) is 12.9. The van der Waals surface area contributed by atoms with Crippen molar-refractivity contribution in [1.29, 1.82) is 0 Å². The second-order valence-corrected chi connectivity index (χ2v) is 20.0. The summed E-state index contributed by atoms with van der Waals surface area (Å²) in [4.78, 5) is 20.0. The molecule has 1 aliphatic heterocycles. The van der Waals surface area contributed by atoms with Gasteiger partial charge < -0.3 is 19.1 Å². The van der Waals surface area contributed by atoms with Crippen LogP contribution in [0, 0.1) is 12.7 Å². The molecule has 0 radical (unpaired) electrons. The molecule has 2 aliphatic rings. The number of thioether (sulfide) groups is 1. The van der Waals surface area contributed by atoms with E-state index in [2.05, 4.69) is 111 Å². The first-order valence-corrected chi connectivity index (χ1v) is 24.3. The third kappa shape index (κ3) is 8.41. The largest absolute Gasteiger partial charge is 0.486 e. The lowest BCUT2D eigenvalue weighted by Gasteiger charge is -2.39. The van der Waals surface area contributed by atoms with E-state index >= 15 is 4.39 Å². The summed E-state index contributed by atoms with van der Waals surface area (Å²) >= 11 is 1.62. The summed E-state index contributed by atoms with van der Waals surface area (Å²) in [6.45, 7) is 12.4. The Labute approximate surface area is 396 Å². The Bertz CT molecular complexity index is 2980. The van der Waals surface area contributed by atoms with E-state index in [1.807, 2.05) is 74.8 Å². The monoisotopic (exact) mass is 910 g/mol. The lowest BCUT2D eigenvalue weighted by atomic mass is 9.77. The first-order valence-electron chi connectivity index (χ1n) is 23.3. The lowest BCUT2D eigenvalue weighted by Crippen LogP contribution is -2.57. The van der Waals surface area contributed by atoms with E-state index in [1.54, 1.807) is 22.7 Å². The molecule has 6 aromatic carbocycles. The SMILES string of the molecule is CCSc1cc(OC2CN(C(=O)OC(C)(C)C)C2)c2cc(C3CC3)c(-c3c(C)c(F)cc4nn(C(c5ccccc5)(c5ccccc5)c5ccccc5)cc34)c(O[C@@H](C)c3ccccc3)c2n1. The Hall–Kier alpha value is -6.65. The molecule has 3 heterocycles. The highest BCUT2D eigenvalue weighted by atomic mass is 32.2. The highest BCUT2D eigenvalue weighted by Gasteiger charge is 2.41. The van der Waals surface area contributed by atoms with Crippen LogP contribution < -0.4 is 9.47 Å². The average molecular weight is 911 g/mol. The number of benzene rings is 6. The van der Waals surface area contributed by atoms with Gasteiger partial charge in [-0.1, -0.05) is 128 Å². The number of hydrogen-bond donors (Lipinski definition) is 0. The topological polar surface area (TPSA) is 78.7 Å². The van der Waals surface area contributed by atoms with Crippen LogP contribution in [0.3, 0.4) is 0 Å². The number of nitrogens with zero attached hydrogens (tertiary/aromatic N) is 4. The van der Waals surface area contributed by atoms with Crippen LogP contribution in [-0.4, -0.2) is 56.3 Å². The van der Waals surface area contributed by atoms with E-state index in [-0.39, 0.29) is 23.9 Å². The van der Waals surface area contributed by atoms with Crippen molar-refractivity contribution in [1.82, 2.24) is 19.7 Å². The van der Waals surface area contributed by atoms with Gasteiger partial charge in [0, 0.05) is 40.2 Å². The lowest BCUT2D eigenvalue weighted by molar-refractivity contribution is -0.0218. The molecule has 67 heavy (non-hydrogen) atoms. The van der Waals surface area contributed by atoms with Crippen LogP contribution in [0.15, 0.2) is 151 Å². The van der Waals surface area contributed by atoms with Gasteiger partial charge in [-0.15, -0.1) is 11.8 Å². The number of rotatable bonds is 13. The van der Waals surface area contributed by atoms with Crippen molar-refractivity contribution >= 4 is 39.7 Å². The average Bonchev–Trinajstić information content (AvgIpc) is 4.08. The van der Waals surface area contributed by atoms with Crippen LogP contribution >= 0.6 is 11.8 Å². The fourth-order valence-electron chi connectivity index (χ4n) is 9.51. The van der Waals surface area contributed by atoms with Gasteiger partial charge in [0.15, 0.2) is 5.75 Å². The van der Waals surface area contributed by atoms with Crippen molar-refractivity contribution in [3.63, 3.8) is 0 Å². The second-order valence-electron chi connectivity index (χ2n) is 18.7. The maximum atomic E-state index is 17.0. The molecule has 1 amide bonds. The fourth-order valence-corrected chi connectivity index (χ4v) is 10.2. The van der Waals surface area contributed by atoms with E-state index in [0.29, 0.717) is 41.2 Å². The van der Waals surface area contributed by atoms with Crippen molar-refractivity contribution in [2.45, 2.75) is 88.7 Å². The minimum absolute atomic E-state index is 0.197. The number of pyridine rings is 1. The Kier molecular flexibility index (Phi) is 11.8. The van der Waals surface area contributed by atoms with Gasteiger partial charge in [0.2, 0.25) is 0 Å². The number of carbonyl (C=O) groups excluding carboxylic acids is 1.